The van der Waals surface area contributed by atoms with Gasteiger partial charge in [-0.3, -0.25) is 28.9 Å². The number of nitrogens with one attached hydrogen (secondary N) is 2. The molecule has 12 nitrogen and oxygen atoms in total. The molecule has 3 atom stereocenters. The molecule has 0 aliphatic carbocycles. The predicted molar refractivity (Wildman–Crippen MR) is 168 cm³/mol. The van der Waals surface area contributed by atoms with Crippen LogP contribution >= 0.6 is 0 Å². The van der Waals surface area contributed by atoms with Gasteiger partial charge >= 0.3 is 5.97 Å². The van der Waals surface area contributed by atoms with Gasteiger partial charge in [-0.05, 0) is 67.3 Å². The van der Waals surface area contributed by atoms with E-state index in [0.29, 0.717) is 5.56 Å². The molecule has 2 heterocycles. The molecule has 0 bridgehead atoms. The van der Waals surface area contributed by atoms with E-state index in [9.17, 15) is 29.1 Å². The van der Waals surface area contributed by atoms with Crippen molar-refractivity contribution in [3.63, 3.8) is 0 Å². The third-order valence-corrected chi connectivity index (χ3v) is 8.19. The minimum absolute atomic E-state index is 0.122. The molecular formula is C34H36N4O8. The topological polar surface area (TPSA) is 155 Å². The number of hydrogen-bond acceptors (Lipinski definition) is 8. The van der Waals surface area contributed by atoms with E-state index in [1.54, 1.807) is 36.4 Å². The minimum atomic E-state index is -1.26. The second-order valence-electron chi connectivity index (χ2n) is 11.4. The summed E-state index contributed by atoms with van der Waals surface area (Å²) in [6, 6.07) is 17.1. The highest BCUT2D eigenvalue weighted by Crippen LogP contribution is 2.33. The van der Waals surface area contributed by atoms with Crippen molar-refractivity contribution in [3.8, 4) is 0 Å². The lowest BCUT2D eigenvalue weighted by Crippen LogP contribution is -2.55. The summed E-state index contributed by atoms with van der Waals surface area (Å²) in [6.45, 7) is 4.26. The van der Waals surface area contributed by atoms with Crippen LogP contribution in [0.4, 0.5) is 11.4 Å². The molecule has 0 radical (unpaired) electrons. The van der Waals surface area contributed by atoms with E-state index in [2.05, 4.69) is 10.6 Å². The Bertz CT molecular complexity index is 1640. The molecular weight excluding hydrogens is 592 g/mol. The molecule has 3 aromatic carbocycles. The van der Waals surface area contributed by atoms with Crippen LogP contribution in [0, 0.1) is 20.8 Å². The number of carbonyl (C=O) groups is 5. The SMILES string of the molecule is Cc1cc(C(=O)N[C@H]2CN(C(=O)CO)c3ccccc3N(CC(=O)N[C@H]3CC(=O)OC3OCc3ccccc3)C2=O)cc(C)c1C. The van der Waals surface area contributed by atoms with Crippen molar-refractivity contribution in [1.29, 1.82) is 0 Å². The van der Waals surface area contributed by atoms with Crippen molar-refractivity contribution in [2.75, 3.05) is 29.5 Å². The number of aliphatic hydroxyl groups is 1. The van der Waals surface area contributed by atoms with Crippen molar-refractivity contribution in [2.24, 2.45) is 0 Å². The van der Waals surface area contributed by atoms with Crippen LogP contribution in [0.25, 0.3) is 0 Å². The summed E-state index contributed by atoms with van der Waals surface area (Å²) in [4.78, 5) is 68.4. The average Bonchev–Trinajstić information content (AvgIpc) is 3.35. The number of esters is 1. The van der Waals surface area contributed by atoms with Crippen molar-refractivity contribution >= 4 is 41.0 Å². The predicted octanol–water partition coefficient (Wildman–Crippen LogP) is 2.06. The summed E-state index contributed by atoms with van der Waals surface area (Å²) < 4.78 is 11.1. The van der Waals surface area contributed by atoms with Crippen molar-refractivity contribution in [1.82, 2.24) is 10.6 Å². The third-order valence-electron chi connectivity index (χ3n) is 8.19. The van der Waals surface area contributed by atoms with E-state index in [1.807, 2.05) is 51.1 Å². The van der Waals surface area contributed by atoms with Crippen LogP contribution in [0.1, 0.15) is 39.0 Å². The maximum atomic E-state index is 14.1. The van der Waals surface area contributed by atoms with Crippen LogP contribution in [0.15, 0.2) is 66.7 Å². The van der Waals surface area contributed by atoms with E-state index < -0.39 is 61.1 Å². The number of aryl methyl sites for hydroxylation is 2. The van der Waals surface area contributed by atoms with Gasteiger partial charge in [0.1, 0.15) is 25.2 Å². The van der Waals surface area contributed by atoms with E-state index in [0.717, 1.165) is 22.3 Å². The van der Waals surface area contributed by atoms with Crippen LogP contribution in [-0.2, 0) is 35.3 Å². The van der Waals surface area contributed by atoms with Gasteiger partial charge in [0.05, 0.1) is 30.9 Å². The number of benzene rings is 3. The van der Waals surface area contributed by atoms with E-state index in [-0.39, 0.29) is 30.9 Å². The molecule has 2 aliphatic heterocycles. The summed E-state index contributed by atoms with van der Waals surface area (Å²) in [5, 5.41) is 15.2. The lowest BCUT2D eigenvalue weighted by molar-refractivity contribution is -0.168. The molecule has 4 amide bonds. The Hall–Kier alpha value is -5.07. The molecule has 0 saturated carbocycles. The fraction of sp³-hybridized carbons (Fsp3) is 0.324. The first-order valence-electron chi connectivity index (χ1n) is 14.9. The number of hydrogen-bond donors (Lipinski definition) is 3. The zero-order valence-electron chi connectivity index (χ0n) is 25.8. The number of anilines is 2. The summed E-state index contributed by atoms with van der Waals surface area (Å²) in [5.41, 5.74) is 4.56. The molecule has 0 aromatic heterocycles. The summed E-state index contributed by atoms with van der Waals surface area (Å²) in [6.07, 6.45) is -1.15. The van der Waals surface area contributed by atoms with Crippen LogP contribution in [0.2, 0.25) is 0 Å². The van der Waals surface area contributed by atoms with Crippen LogP contribution < -0.4 is 20.4 Å². The van der Waals surface area contributed by atoms with E-state index in [1.165, 1.54) is 9.80 Å². The second-order valence-corrected chi connectivity index (χ2v) is 11.4. The molecule has 0 spiro atoms. The Morgan fingerprint density at radius 2 is 1.59 bits per heavy atom. The number of amides is 4. The molecule has 5 rings (SSSR count). The largest absolute Gasteiger partial charge is 0.433 e. The zero-order valence-corrected chi connectivity index (χ0v) is 25.8. The molecule has 1 fully saturated rings. The van der Waals surface area contributed by atoms with Gasteiger partial charge in [-0.25, -0.2) is 0 Å². The lowest BCUT2D eigenvalue weighted by Gasteiger charge is -2.26. The molecule has 3 N–H and O–H groups in total. The Morgan fingerprint density at radius 3 is 2.26 bits per heavy atom. The molecule has 3 aromatic rings. The number of aliphatic hydroxyl groups excluding tert-OH is 1. The summed E-state index contributed by atoms with van der Waals surface area (Å²) in [7, 11) is 0. The average molecular weight is 629 g/mol. The summed E-state index contributed by atoms with van der Waals surface area (Å²) in [5.74, 6) is -3.01. The number of para-hydroxylation sites is 2. The number of rotatable bonds is 9. The van der Waals surface area contributed by atoms with Gasteiger partial charge in [0.15, 0.2) is 0 Å². The fourth-order valence-electron chi connectivity index (χ4n) is 5.54. The third kappa shape index (κ3) is 7.08. The van der Waals surface area contributed by atoms with Gasteiger partial charge < -0.3 is 30.1 Å². The Morgan fingerprint density at radius 1 is 0.935 bits per heavy atom. The Labute approximate surface area is 266 Å². The lowest BCUT2D eigenvalue weighted by atomic mass is 10.00. The Kier molecular flexibility index (Phi) is 9.78. The van der Waals surface area contributed by atoms with Crippen LogP contribution in [-0.4, -0.2) is 72.8 Å². The number of carbonyl (C=O) groups excluding carboxylic acids is 5. The maximum Gasteiger partial charge on any atom is 0.310 e. The quantitative estimate of drug-likeness (QED) is 0.305. The van der Waals surface area contributed by atoms with Crippen molar-refractivity contribution in [2.45, 2.75) is 52.2 Å². The highest BCUT2D eigenvalue weighted by atomic mass is 16.7. The molecule has 1 saturated heterocycles. The monoisotopic (exact) mass is 628 g/mol. The highest BCUT2D eigenvalue weighted by Gasteiger charge is 2.40. The number of cyclic esters (lactones) is 1. The molecule has 240 valence electrons. The first kappa shape index (κ1) is 32.3. The van der Waals surface area contributed by atoms with Crippen molar-refractivity contribution < 1.29 is 38.6 Å². The maximum absolute atomic E-state index is 14.1. The second kappa shape index (κ2) is 13.9. The van der Waals surface area contributed by atoms with Crippen LogP contribution in [0.3, 0.4) is 0 Å². The van der Waals surface area contributed by atoms with Gasteiger partial charge in [0, 0.05) is 5.56 Å². The fourth-order valence-corrected chi connectivity index (χ4v) is 5.54. The standard InChI is InChI=1S/C34H36N4O8/c1-20-13-24(14-21(2)22(20)3)32(43)36-26-16-37(30(41)18-39)27-11-7-8-12-28(27)38(33(26)44)17-29(40)35-25-15-31(42)46-34(25)45-19-23-9-5-4-6-10-23/h4-14,25-26,34,39H,15-19H2,1-3H3,(H,35,40)(H,36,43)/t25-,26-,34?/m0/s1. The van der Waals surface area contributed by atoms with Gasteiger partial charge in [-0.2, -0.15) is 0 Å². The normalized spacial score (nSPS) is 19.3. The molecule has 12 heteroatoms. The van der Waals surface area contributed by atoms with Gasteiger partial charge in [-0.15, -0.1) is 0 Å². The van der Waals surface area contributed by atoms with Crippen LogP contribution in [0.5, 0.6) is 0 Å². The molecule has 1 unspecified atom stereocenters. The number of nitrogens with zero attached hydrogens (tertiary/aromatic N) is 2. The first-order chi connectivity index (χ1) is 22.0. The number of ether oxygens (including phenoxy) is 2. The first-order valence-corrected chi connectivity index (χ1v) is 14.9. The number of fused-ring (bicyclic) bond motifs is 1. The summed E-state index contributed by atoms with van der Waals surface area (Å²) >= 11 is 0. The van der Waals surface area contributed by atoms with Gasteiger partial charge in [0.25, 0.3) is 17.7 Å². The Balaban J connectivity index is 1.38. The van der Waals surface area contributed by atoms with E-state index in [4.69, 9.17) is 9.47 Å². The minimum Gasteiger partial charge on any atom is -0.433 e. The molecule has 2 aliphatic rings. The smallest absolute Gasteiger partial charge is 0.310 e. The molecule has 46 heavy (non-hydrogen) atoms. The van der Waals surface area contributed by atoms with Crippen molar-refractivity contribution in [3.05, 3.63) is 94.5 Å². The van der Waals surface area contributed by atoms with Gasteiger partial charge in [-0.1, -0.05) is 42.5 Å². The van der Waals surface area contributed by atoms with Gasteiger partial charge in [0.2, 0.25) is 12.2 Å². The van der Waals surface area contributed by atoms with E-state index >= 15 is 0 Å². The zero-order chi connectivity index (χ0) is 33.0. The highest BCUT2D eigenvalue weighted by molar-refractivity contribution is 6.11.